The van der Waals surface area contributed by atoms with Gasteiger partial charge in [-0.1, -0.05) is 83.4 Å². The van der Waals surface area contributed by atoms with E-state index < -0.39 is 5.97 Å². The number of hydrogen-bond donors (Lipinski definition) is 0. The molecule has 1 aromatic heterocycles. The van der Waals surface area contributed by atoms with Crippen molar-refractivity contribution in [2.45, 2.75) is 90.9 Å². The Hall–Kier alpha value is -3.08. The average molecular weight is 491 g/mol. The summed E-state index contributed by atoms with van der Waals surface area (Å²) in [6.07, 6.45) is 17.3. The molecule has 36 heavy (non-hydrogen) atoms. The Morgan fingerprint density at radius 2 is 1.39 bits per heavy atom. The van der Waals surface area contributed by atoms with Gasteiger partial charge in [-0.15, -0.1) is 0 Å². The van der Waals surface area contributed by atoms with E-state index in [2.05, 4.69) is 23.8 Å². The van der Waals surface area contributed by atoms with Gasteiger partial charge in [-0.2, -0.15) is 0 Å². The van der Waals surface area contributed by atoms with E-state index in [9.17, 15) is 9.18 Å². The molecule has 5 heteroatoms. The predicted molar refractivity (Wildman–Crippen MR) is 144 cm³/mol. The van der Waals surface area contributed by atoms with Gasteiger partial charge in [0.25, 0.3) is 0 Å². The van der Waals surface area contributed by atoms with Crippen molar-refractivity contribution in [2.24, 2.45) is 0 Å². The van der Waals surface area contributed by atoms with E-state index in [4.69, 9.17) is 4.74 Å². The lowest BCUT2D eigenvalue weighted by atomic mass is 10.0. The second-order valence-corrected chi connectivity index (χ2v) is 9.46. The minimum atomic E-state index is -0.521. The van der Waals surface area contributed by atoms with Gasteiger partial charge < -0.3 is 4.74 Å². The maximum Gasteiger partial charge on any atom is 0.343 e. The Morgan fingerprint density at radius 1 is 0.778 bits per heavy atom. The third kappa shape index (κ3) is 8.85. The number of aromatic nitrogens is 2. The zero-order valence-electron chi connectivity index (χ0n) is 21.8. The van der Waals surface area contributed by atoms with Crippen LogP contribution in [-0.4, -0.2) is 15.9 Å². The highest BCUT2D eigenvalue weighted by Crippen LogP contribution is 2.21. The van der Waals surface area contributed by atoms with Crippen molar-refractivity contribution in [2.75, 3.05) is 0 Å². The van der Waals surface area contributed by atoms with Gasteiger partial charge in [-0.3, -0.25) is 0 Å². The van der Waals surface area contributed by atoms with Crippen molar-refractivity contribution in [3.63, 3.8) is 0 Å². The van der Waals surface area contributed by atoms with Crippen LogP contribution in [-0.2, 0) is 12.8 Å². The zero-order chi connectivity index (χ0) is 25.6. The molecule has 0 aliphatic carbocycles. The van der Waals surface area contributed by atoms with Crippen molar-refractivity contribution in [1.29, 1.82) is 0 Å². The molecular weight excluding hydrogens is 451 g/mol. The van der Waals surface area contributed by atoms with E-state index in [0.29, 0.717) is 23.4 Å². The number of esters is 1. The fourth-order valence-electron chi connectivity index (χ4n) is 4.20. The molecule has 0 unspecified atom stereocenters. The first-order chi connectivity index (χ1) is 17.6. The maximum atomic E-state index is 14.5. The first kappa shape index (κ1) is 27.5. The molecule has 0 spiro atoms. The van der Waals surface area contributed by atoms with E-state index in [1.54, 1.807) is 36.4 Å². The van der Waals surface area contributed by atoms with Gasteiger partial charge in [0.15, 0.2) is 5.82 Å². The fraction of sp³-hybridized carbons (Fsp3) is 0.452. The van der Waals surface area contributed by atoms with E-state index in [0.717, 1.165) is 36.8 Å². The van der Waals surface area contributed by atoms with Crippen LogP contribution in [0.15, 0.2) is 54.9 Å². The number of carbonyl (C=O) groups is 1. The molecular formula is C31H39FN2O2. The molecule has 0 aliphatic heterocycles. The first-order valence-electron chi connectivity index (χ1n) is 13.5. The van der Waals surface area contributed by atoms with E-state index >= 15 is 0 Å². The van der Waals surface area contributed by atoms with Crippen molar-refractivity contribution < 1.29 is 13.9 Å². The molecule has 0 bridgehead atoms. The van der Waals surface area contributed by atoms with Crippen LogP contribution in [0.3, 0.4) is 0 Å². The number of nitrogens with zero attached hydrogens (tertiary/aromatic N) is 2. The number of ether oxygens (including phenoxy) is 1. The van der Waals surface area contributed by atoms with Gasteiger partial charge in [-0.05, 0) is 55.0 Å². The zero-order valence-corrected chi connectivity index (χ0v) is 21.8. The number of benzene rings is 2. The molecule has 3 rings (SSSR count). The minimum Gasteiger partial charge on any atom is -0.423 e. The molecule has 4 nitrogen and oxygen atoms in total. The summed E-state index contributed by atoms with van der Waals surface area (Å²) in [6.45, 7) is 4.40. The Kier molecular flexibility index (Phi) is 11.6. The Labute approximate surface area is 215 Å². The number of carbonyl (C=O) groups excluding carboxylic acids is 1. The normalized spacial score (nSPS) is 11.0. The van der Waals surface area contributed by atoms with Crippen LogP contribution in [0, 0.1) is 5.82 Å². The second-order valence-electron chi connectivity index (χ2n) is 9.46. The van der Waals surface area contributed by atoms with Crippen LogP contribution in [0.5, 0.6) is 5.75 Å². The molecule has 192 valence electrons. The van der Waals surface area contributed by atoms with Crippen LogP contribution in [0.25, 0.3) is 11.4 Å². The van der Waals surface area contributed by atoms with Crippen LogP contribution >= 0.6 is 0 Å². The smallest absolute Gasteiger partial charge is 0.343 e. The van der Waals surface area contributed by atoms with Gasteiger partial charge in [0, 0.05) is 24.0 Å². The monoisotopic (exact) mass is 490 g/mol. The molecule has 2 aromatic carbocycles. The lowest BCUT2D eigenvalue weighted by Gasteiger charge is -2.08. The Bertz CT molecular complexity index is 1060. The lowest BCUT2D eigenvalue weighted by molar-refractivity contribution is 0.0734. The van der Waals surface area contributed by atoms with Gasteiger partial charge in [0.2, 0.25) is 0 Å². The molecule has 0 atom stereocenters. The van der Waals surface area contributed by atoms with Crippen LogP contribution in [0.2, 0.25) is 0 Å². The summed E-state index contributed by atoms with van der Waals surface area (Å²) in [5.74, 6) is -0.0118. The third-order valence-electron chi connectivity index (χ3n) is 6.44. The van der Waals surface area contributed by atoms with Crippen LogP contribution in [0.1, 0.15) is 99.5 Å². The summed E-state index contributed by atoms with van der Waals surface area (Å²) in [5, 5.41) is 0. The maximum absolute atomic E-state index is 14.5. The van der Waals surface area contributed by atoms with E-state index in [-0.39, 0.29) is 11.6 Å². The highest BCUT2D eigenvalue weighted by molar-refractivity contribution is 5.91. The van der Waals surface area contributed by atoms with Crippen LogP contribution < -0.4 is 4.74 Å². The number of unbranched alkanes of at least 4 members (excludes halogenated alkanes) is 8. The fourth-order valence-corrected chi connectivity index (χ4v) is 4.20. The van der Waals surface area contributed by atoms with Crippen LogP contribution in [0.4, 0.5) is 4.39 Å². The van der Waals surface area contributed by atoms with Gasteiger partial charge >= 0.3 is 5.97 Å². The van der Waals surface area contributed by atoms with Gasteiger partial charge in [-0.25, -0.2) is 19.2 Å². The van der Waals surface area contributed by atoms with E-state index in [1.165, 1.54) is 51.0 Å². The molecule has 1 heterocycles. The summed E-state index contributed by atoms with van der Waals surface area (Å²) in [7, 11) is 0. The SMILES string of the molecule is CCCCCCCc1cnc(-c2ccc(C(=O)Oc3ccc(CCCCCCC)c(F)c3)cc2)nc1. The largest absolute Gasteiger partial charge is 0.423 e. The lowest BCUT2D eigenvalue weighted by Crippen LogP contribution is -2.09. The molecule has 0 fully saturated rings. The average Bonchev–Trinajstić information content (AvgIpc) is 2.90. The van der Waals surface area contributed by atoms with Crippen molar-refractivity contribution in [3.05, 3.63) is 77.4 Å². The van der Waals surface area contributed by atoms with E-state index in [1.807, 2.05) is 12.4 Å². The third-order valence-corrected chi connectivity index (χ3v) is 6.44. The first-order valence-corrected chi connectivity index (χ1v) is 13.5. The van der Waals surface area contributed by atoms with Gasteiger partial charge in [0.05, 0.1) is 5.56 Å². The predicted octanol–water partition coefficient (Wildman–Crippen LogP) is 8.53. The molecule has 0 amide bonds. The standard InChI is InChI=1S/C31H39FN2O2/c1-3-5-7-9-11-13-24-22-33-30(34-23-24)26-15-17-27(18-16-26)31(35)36-28-20-19-25(29(32)21-28)14-12-10-8-6-4-2/h15-23H,3-14H2,1-2H3. The second kappa shape index (κ2) is 15.1. The minimum absolute atomic E-state index is 0.213. The summed E-state index contributed by atoms with van der Waals surface area (Å²) < 4.78 is 19.9. The van der Waals surface area contributed by atoms with Crippen molar-refractivity contribution >= 4 is 5.97 Å². The molecule has 0 N–H and O–H groups in total. The summed E-state index contributed by atoms with van der Waals surface area (Å²) >= 11 is 0. The highest BCUT2D eigenvalue weighted by atomic mass is 19.1. The highest BCUT2D eigenvalue weighted by Gasteiger charge is 2.12. The summed E-state index contributed by atoms with van der Waals surface area (Å²) in [5.41, 5.74) is 3.03. The summed E-state index contributed by atoms with van der Waals surface area (Å²) in [4.78, 5) is 21.5. The van der Waals surface area contributed by atoms with Crippen molar-refractivity contribution in [3.8, 4) is 17.1 Å². The van der Waals surface area contributed by atoms with Gasteiger partial charge in [0.1, 0.15) is 11.6 Å². The molecule has 3 aromatic rings. The molecule has 0 saturated heterocycles. The quantitative estimate of drug-likeness (QED) is 0.122. The topological polar surface area (TPSA) is 52.1 Å². The number of hydrogen-bond acceptors (Lipinski definition) is 4. The number of rotatable bonds is 15. The Balaban J connectivity index is 1.51. The number of aryl methyl sites for hydroxylation is 2. The molecule has 0 saturated carbocycles. The van der Waals surface area contributed by atoms with Crippen molar-refractivity contribution in [1.82, 2.24) is 9.97 Å². The molecule has 0 aliphatic rings. The Morgan fingerprint density at radius 3 is 2.00 bits per heavy atom. The summed E-state index contributed by atoms with van der Waals surface area (Å²) in [6, 6.07) is 11.7. The molecule has 0 radical (unpaired) electrons. The number of halogens is 1.